The van der Waals surface area contributed by atoms with Crippen molar-refractivity contribution in [1.82, 2.24) is 0 Å². The molecule has 1 N–H and O–H groups in total. The minimum Gasteiger partial charge on any atom is -0.378 e. The molecule has 1 heterocycles. The Hall–Kier alpha value is -0.700. The Morgan fingerprint density at radius 1 is 1.47 bits per heavy atom. The van der Waals surface area contributed by atoms with E-state index in [0.717, 1.165) is 11.0 Å². The van der Waals surface area contributed by atoms with Crippen molar-refractivity contribution in [3.63, 3.8) is 0 Å². The Balaban J connectivity index is 2.46. The van der Waals surface area contributed by atoms with Crippen molar-refractivity contribution < 1.29 is 0 Å². The number of hydrogen-bond donors (Lipinski definition) is 1. The third-order valence-corrected chi connectivity index (χ3v) is 3.45. The van der Waals surface area contributed by atoms with E-state index in [2.05, 4.69) is 65.1 Å². The molecular weight excluding hydrogens is 252 g/mol. The number of fused-ring (bicyclic) bond motifs is 1. The van der Waals surface area contributed by atoms with Gasteiger partial charge >= 0.3 is 0 Å². The van der Waals surface area contributed by atoms with E-state index in [-0.39, 0.29) is 0 Å². The maximum atomic E-state index is 3.60. The second kappa shape index (κ2) is 4.05. The lowest BCUT2D eigenvalue weighted by molar-refractivity contribution is 0.624. The summed E-state index contributed by atoms with van der Waals surface area (Å²) in [5.41, 5.74) is 2.53. The first-order valence-electron chi connectivity index (χ1n) is 5.41. The molecule has 1 aromatic carbocycles. The van der Waals surface area contributed by atoms with Crippen LogP contribution in [0.4, 0.5) is 11.4 Å². The third kappa shape index (κ3) is 1.98. The zero-order valence-electron chi connectivity index (χ0n) is 9.42. The Labute approximate surface area is 99.8 Å². The van der Waals surface area contributed by atoms with Crippen molar-refractivity contribution >= 4 is 27.3 Å². The van der Waals surface area contributed by atoms with Crippen LogP contribution in [-0.4, -0.2) is 18.6 Å². The summed E-state index contributed by atoms with van der Waals surface area (Å²) in [6.07, 6.45) is 0. The largest absolute Gasteiger partial charge is 0.378 e. The molecule has 0 aromatic heterocycles. The first-order chi connectivity index (χ1) is 7.09. The minimum absolute atomic E-state index is 0.499. The van der Waals surface area contributed by atoms with E-state index < -0.39 is 0 Å². The molecule has 0 radical (unpaired) electrons. The molecule has 0 bridgehead atoms. The maximum absolute atomic E-state index is 3.60. The Morgan fingerprint density at radius 3 is 2.87 bits per heavy atom. The zero-order chi connectivity index (χ0) is 11.0. The average molecular weight is 269 g/mol. The number of nitrogens with zero attached hydrogens (tertiary/aromatic N) is 1. The first kappa shape index (κ1) is 10.8. The Bertz CT molecular complexity index is 363. The summed E-state index contributed by atoms with van der Waals surface area (Å²) in [7, 11) is 0. The van der Waals surface area contributed by atoms with Crippen LogP contribution >= 0.6 is 15.9 Å². The standard InChI is InChI=1S/C12H17BrN2/c1-8(2)15-7-9(3)14-12-10(13)5-4-6-11(12)15/h4-6,8-9,14H,7H2,1-3H3. The molecule has 0 aliphatic carbocycles. The summed E-state index contributed by atoms with van der Waals surface area (Å²) in [5, 5.41) is 3.52. The summed E-state index contributed by atoms with van der Waals surface area (Å²) < 4.78 is 1.15. The number of para-hydroxylation sites is 1. The number of halogens is 1. The highest BCUT2D eigenvalue weighted by atomic mass is 79.9. The van der Waals surface area contributed by atoms with Gasteiger partial charge in [0, 0.05) is 23.1 Å². The fourth-order valence-corrected chi connectivity index (χ4v) is 2.54. The van der Waals surface area contributed by atoms with Crippen molar-refractivity contribution in [3.8, 4) is 0 Å². The number of nitrogens with one attached hydrogen (secondary N) is 1. The fraction of sp³-hybridized carbons (Fsp3) is 0.500. The van der Waals surface area contributed by atoms with E-state index in [1.165, 1.54) is 11.4 Å². The first-order valence-corrected chi connectivity index (χ1v) is 6.20. The topological polar surface area (TPSA) is 15.3 Å². The third-order valence-electron chi connectivity index (χ3n) is 2.79. The fourth-order valence-electron chi connectivity index (χ4n) is 2.07. The maximum Gasteiger partial charge on any atom is 0.0725 e. The van der Waals surface area contributed by atoms with Crippen molar-refractivity contribution in [2.75, 3.05) is 16.8 Å². The molecule has 1 aliphatic rings. The van der Waals surface area contributed by atoms with E-state index >= 15 is 0 Å². The van der Waals surface area contributed by atoms with Gasteiger partial charge in [0.15, 0.2) is 0 Å². The highest BCUT2D eigenvalue weighted by Crippen LogP contribution is 2.37. The summed E-state index contributed by atoms with van der Waals surface area (Å²) in [6, 6.07) is 7.40. The SMILES string of the molecule is CC1CN(C(C)C)c2cccc(Br)c2N1. The Morgan fingerprint density at radius 2 is 2.20 bits per heavy atom. The molecule has 0 amide bonds. The van der Waals surface area contributed by atoms with Crippen molar-refractivity contribution in [3.05, 3.63) is 22.7 Å². The van der Waals surface area contributed by atoms with Gasteiger partial charge in [-0.25, -0.2) is 0 Å². The smallest absolute Gasteiger partial charge is 0.0725 e. The van der Waals surface area contributed by atoms with E-state index in [4.69, 9.17) is 0 Å². The van der Waals surface area contributed by atoms with E-state index in [0.29, 0.717) is 12.1 Å². The predicted molar refractivity (Wildman–Crippen MR) is 69.7 cm³/mol. The molecule has 2 nitrogen and oxygen atoms in total. The molecule has 2 rings (SSSR count). The van der Waals surface area contributed by atoms with Gasteiger partial charge < -0.3 is 10.2 Å². The summed E-state index contributed by atoms with van der Waals surface area (Å²) >= 11 is 3.60. The van der Waals surface area contributed by atoms with E-state index in [9.17, 15) is 0 Å². The van der Waals surface area contributed by atoms with Crippen LogP contribution in [0, 0.1) is 0 Å². The van der Waals surface area contributed by atoms with Crippen molar-refractivity contribution in [1.29, 1.82) is 0 Å². The second-order valence-electron chi connectivity index (χ2n) is 4.43. The lowest BCUT2D eigenvalue weighted by atomic mass is 10.1. The van der Waals surface area contributed by atoms with Crippen molar-refractivity contribution in [2.45, 2.75) is 32.9 Å². The second-order valence-corrected chi connectivity index (χ2v) is 5.28. The van der Waals surface area contributed by atoms with Gasteiger partial charge in [-0.3, -0.25) is 0 Å². The van der Waals surface area contributed by atoms with Gasteiger partial charge in [0.2, 0.25) is 0 Å². The molecule has 0 fully saturated rings. The molecule has 0 saturated heterocycles. The molecule has 3 heteroatoms. The normalized spacial score (nSPS) is 20.1. The van der Waals surface area contributed by atoms with Crippen LogP contribution in [-0.2, 0) is 0 Å². The number of rotatable bonds is 1. The lowest BCUT2D eigenvalue weighted by Gasteiger charge is -2.39. The quantitative estimate of drug-likeness (QED) is 0.839. The molecule has 1 aromatic rings. The number of anilines is 2. The van der Waals surface area contributed by atoms with Gasteiger partial charge in [-0.1, -0.05) is 6.07 Å². The molecule has 1 atom stereocenters. The van der Waals surface area contributed by atoms with E-state index in [1.54, 1.807) is 0 Å². The highest BCUT2D eigenvalue weighted by Gasteiger charge is 2.23. The van der Waals surface area contributed by atoms with Crippen LogP contribution in [0.15, 0.2) is 22.7 Å². The van der Waals surface area contributed by atoms with Crippen LogP contribution in [0.3, 0.4) is 0 Å². The van der Waals surface area contributed by atoms with Crippen LogP contribution in [0.5, 0.6) is 0 Å². The molecule has 1 unspecified atom stereocenters. The molecular formula is C12H17BrN2. The van der Waals surface area contributed by atoms with Gasteiger partial charge in [0.1, 0.15) is 0 Å². The van der Waals surface area contributed by atoms with Crippen molar-refractivity contribution in [2.24, 2.45) is 0 Å². The highest BCUT2D eigenvalue weighted by molar-refractivity contribution is 9.10. The van der Waals surface area contributed by atoms with Crippen LogP contribution in [0.25, 0.3) is 0 Å². The van der Waals surface area contributed by atoms with Gasteiger partial charge in [-0.15, -0.1) is 0 Å². The molecule has 0 saturated carbocycles. The summed E-state index contributed by atoms with van der Waals surface area (Å²) in [4.78, 5) is 2.45. The molecule has 15 heavy (non-hydrogen) atoms. The predicted octanol–water partition coefficient (Wildman–Crippen LogP) is 3.48. The minimum atomic E-state index is 0.499. The van der Waals surface area contributed by atoms with Crippen LogP contribution < -0.4 is 10.2 Å². The van der Waals surface area contributed by atoms with Gasteiger partial charge in [-0.05, 0) is 48.8 Å². The molecule has 0 spiro atoms. The van der Waals surface area contributed by atoms with Crippen LogP contribution in [0.2, 0.25) is 0 Å². The summed E-state index contributed by atoms with van der Waals surface area (Å²) in [6.45, 7) is 7.77. The van der Waals surface area contributed by atoms with Crippen LogP contribution in [0.1, 0.15) is 20.8 Å². The van der Waals surface area contributed by atoms with Gasteiger partial charge in [-0.2, -0.15) is 0 Å². The van der Waals surface area contributed by atoms with E-state index in [1.807, 2.05) is 0 Å². The van der Waals surface area contributed by atoms with Gasteiger partial charge in [0.05, 0.1) is 11.4 Å². The number of hydrogen-bond acceptors (Lipinski definition) is 2. The zero-order valence-corrected chi connectivity index (χ0v) is 11.0. The number of benzene rings is 1. The summed E-state index contributed by atoms with van der Waals surface area (Å²) in [5.74, 6) is 0. The Kier molecular flexibility index (Phi) is 2.91. The molecule has 82 valence electrons. The lowest BCUT2D eigenvalue weighted by Crippen LogP contribution is -2.43. The monoisotopic (exact) mass is 268 g/mol. The molecule has 1 aliphatic heterocycles. The average Bonchev–Trinajstić information content (AvgIpc) is 2.18. The van der Waals surface area contributed by atoms with Gasteiger partial charge in [0.25, 0.3) is 0 Å².